The number of aliphatic imine (C=N–C) groups is 1. The number of hydrogen-bond acceptors (Lipinski definition) is 2. The topological polar surface area (TPSA) is 21.6 Å². The summed E-state index contributed by atoms with van der Waals surface area (Å²) in [6, 6.07) is 0. The molecule has 0 bridgehead atoms. The van der Waals surface area contributed by atoms with Crippen LogP contribution in [-0.4, -0.2) is 13.8 Å². The van der Waals surface area contributed by atoms with Crippen LogP contribution in [0.4, 0.5) is 0 Å². The molecule has 0 spiro atoms. The Labute approximate surface area is 73.6 Å². The fourth-order valence-electron chi connectivity index (χ4n) is 1.58. The Morgan fingerprint density at radius 3 is 2.83 bits per heavy atom. The second-order valence-corrected chi connectivity index (χ2v) is 2.79. The Kier molecular flexibility index (Phi) is 3.09. The van der Waals surface area contributed by atoms with Crippen molar-refractivity contribution in [3.05, 3.63) is 23.1 Å². The van der Waals surface area contributed by atoms with E-state index in [1.54, 1.807) is 7.11 Å². The van der Waals surface area contributed by atoms with E-state index >= 15 is 0 Å². The third kappa shape index (κ3) is 1.58. The van der Waals surface area contributed by atoms with E-state index in [1.807, 2.05) is 13.0 Å². The van der Waals surface area contributed by atoms with E-state index in [2.05, 4.69) is 11.7 Å². The van der Waals surface area contributed by atoms with Gasteiger partial charge < -0.3 is 4.74 Å². The van der Waals surface area contributed by atoms with E-state index in [-0.39, 0.29) is 0 Å². The van der Waals surface area contributed by atoms with Gasteiger partial charge in [0.05, 0.1) is 7.11 Å². The van der Waals surface area contributed by atoms with Crippen molar-refractivity contribution in [1.29, 1.82) is 0 Å². The average Bonchev–Trinajstić information content (AvgIpc) is 2.55. The Hall–Kier alpha value is -1.05. The molecule has 2 nitrogen and oxygen atoms in total. The predicted molar refractivity (Wildman–Crippen MR) is 51.2 cm³/mol. The van der Waals surface area contributed by atoms with Gasteiger partial charge in [0, 0.05) is 11.3 Å². The van der Waals surface area contributed by atoms with Crippen LogP contribution in [0.3, 0.4) is 0 Å². The molecule has 0 aliphatic heterocycles. The van der Waals surface area contributed by atoms with Crippen LogP contribution in [0.5, 0.6) is 0 Å². The summed E-state index contributed by atoms with van der Waals surface area (Å²) in [5.41, 5.74) is 2.33. The van der Waals surface area contributed by atoms with Gasteiger partial charge in [-0.25, -0.2) is 0 Å². The molecule has 1 aliphatic rings. The van der Waals surface area contributed by atoms with Crippen LogP contribution < -0.4 is 0 Å². The standard InChI is InChI=1S/C10H15NO/c1-4-10(12-3)8-6-5-7-9(8)11-2/h4H,2,5-7H2,1,3H3/b10-4+. The molecule has 0 atom stereocenters. The first kappa shape index (κ1) is 9.04. The molecule has 0 amide bonds. The van der Waals surface area contributed by atoms with Gasteiger partial charge in [0.15, 0.2) is 0 Å². The monoisotopic (exact) mass is 165 g/mol. The van der Waals surface area contributed by atoms with Gasteiger partial charge in [0.2, 0.25) is 0 Å². The van der Waals surface area contributed by atoms with Crippen molar-refractivity contribution in [2.45, 2.75) is 26.2 Å². The highest BCUT2D eigenvalue weighted by Crippen LogP contribution is 2.31. The zero-order chi connectivity index (χ0) is 8.97. The highest BCUT2D eigenvalue weighted by molar-refractivity contribution is 5.39. The molecular weight excluding hydrogens is 150 g/mol. The average molecular weight is 165 g/mol. The van der Waals surface area contributed by atoms with E-state index < -0.39 is 0 Å². The number of hydrogen-bond donors (Lipinski definition) is 0. The van der Waals surface area contributed by atoms with Crippen molar-refractivity contribution in [3.8, 4) is 0 Å². The van der Waals surface area contributed by atoms with Crippen molar-refractivity contribution in [1.82, 2.24) is 0 Å². The summed E-state index contributed by atoms with van der Waals surface area (Å²) in [7, 11) is 1.70. The van der Waals surface area contributed by atoms with Gasteiger partial charge >= 0.3 is 0 Å². The van der Waals surface area contributed by atoms with E-state index in [0.29, 0.717) is 0 Å². The summed E-state index contributed by atoms with van der Waals surface area (Å²) >= 11 is 0. The lowest BCUT2D eigenvalue weighted by atomic mass is 10.2. The minimum Gasteiger partial charge on any atom is -0.497 e. The van der Waals surface area contributed by atoms with Crippen LogP contribution in [0.1, 0.15) is 26.2 Å². The van der Waals surface area contributed by atoms with E-state index in [9.17, 15) is 0 Å². The maximum absolute atomic E-state index is 5.23. The van der Waals surface area contributed by atoms with Crippen molar-refractivity contribution in [2.75, 3.05) is 7.11 Å². The van der Waals surface area contributed by atoms with E-state index in [4.69, 9.17) is 4.74 Å². The second kappa shape index (κ2) is 4.10. The largest absolute Gasteiger partial charge is 0.497 e. The van der Waals surface area contributed by atoms with Crippen molar-refractivity contribution in [2.24, 2.45) is 4.99 Å². The third-order valence-corrected chi connectivity index (χ3v) is 2.16. The Morgan fingerprint density at radius 1 is 1.58 bits per heavy atom. The molecule has 0 aromatic rings. The van der Waals surface area contributed by atoms with Crippen LogP contribution in [0.25, 0.3) is 0 Å². The molecule has 0 heterocycles. The van der Waals surface area contributed by atoms with Crippen LogP contribution in [0.15, 0.2) is 28.1 Å². The molecule has 0 fully saturated rings. The molecule has 0 saturated carbocycles. The van der Waals surface area contributed by atoms with Crippen LogP contribution in [-0.2, 0) is 4.74 Å². The smallest absolute Gasteiger partial charge is 0.119 e. The van der Waals surface area contributed by atoms with Gasteiger partial charge in [-0.15, -0.1) is 0 Å². The number of ether oxygens (including phenoxy) is 1. The van der Waals surface area contributed by atoms with Crippen molar-refractivity contribution >= 4 is 6.72 Å². The van der Waals surface area contributed by atoms with E-state index in [1.165, 1.54) is 12.0 Å². The van der Waals surface area contributed by atoms with Gasteiger partial charge in [-0.3, -0.25) is 4.99 Å². The quantitative estimate of drug-likeness (QED) is 0.465. The van der Waals surface area contributed by atoms with Crippen molar-refractivity contribution in [3.63, 3.8) is 0 Å². The number of methoxy groups -OCH3 is 1. The molecule has 0 aromatic heterocycles. The first-order valence-corrected chi connectivity index (χ1v) is 4.23. The minimum atomic E-state index is 0.954. The summed E-state index contributed by atoms with van der Waals surface area (Å²) in [6.07, 6.45) is 5.26. The lowest BCUT2D eigenvalue weighted by Gasteiger charge is -2.06. The normalized spacial score (nSPS) is 18.3. The van der Waals surface area contributed by atoms with Crippen molar-refractivity contribution < 1.29 is 4.74 Å². The van der Waals surface area contributed by atoms with Gasteiger partial charge in [0.1, 0.15) is 5.76 Å². The maximum Gasteiger partial charge on any atom is 0.119 e. The van der Waals surface area contributed by atoms with Crippen LogP contribution >= 0.6 is 0 Å². The van der Waals surface area contributed by atoms with E-state index in [0.717, 1.165) is 24.3 Å². The molecule has 0 saturated heterocycles. The fourth-order valence-corrected chi connectivity index (χ4v) is 1.58. The highest BCUT2D eigenvalue weighted by Gasteiger charge is 2.16. The Balaban J connectivity index is 2.91. The fraction of sp³-hybridized carbons (Fsp3) is 0.500. The van der Waals surface area contributed by atoms with Gasteiger partial charge in [-0.1, -0.05) is 0 Å². The van der Waals surface area contributed by atoms with Crippen LogP contribution in [0.2, 0.25) is 0 Å². The Bertz CT molecular complexity index is 238. The zero-order valence-corrected chi connectivity index (χ0v) is 7.76. The molecule has 1 rings (SSSR count). The van der Waals surface area contributed by atoms with Gasteiger partial charge in [-0.2, -0.15) is 0 Å². The maximum atomic E-state index is 5.23. The minimum absolute atomic E-state index is 0.954. The number of allylic oxidation sites excluding steroid dienone is 3. The molecule has 0 unspecified atom stereocenters. The SMILES string of the molecule is C=NC1=C(/C(=C\C)OC)CCC1. The number of nitrogens with zero attached hydrogens (tertiary/aromatic N) is 1. The molecule has 0 aromatic carbocycles. The Morgan fingerprint density at radius 2 is 2.33 bits per heavy atom. The molecule has 2 heteroatoms. The highest BCUT2D eigenvalue weighted by atomic mass is 16.5. The third-order valence-electron chi connectivity index (χ3n) is 2.16. The van der Waals surface area contributed by atoms with Crippen LogP contribution in [0, 0.1) is 0 Å². The summed E-state index contributed by atoms with van der Waals surface area (Å²) in [4.78, 5) is 3.99. The lowest BCUT2D eigenvalue weighted by Crippen LogP contribution is -1.91. The predicted octanol–water partition coefficient (Wildman–Crippen LogP) is 2.68. The summed E-state index contributed by atoms with van der Waals surface area (Å²) < 4.78 is 5.23. The summed E-state index contributed by atoms with van der Waals surface area (Å²) in [5, 5.41) is 0. The lowest BCUT2D eigenvalue weighted by molar-refractivity contribution is 0.298. The molecule has 66 valence electrons. The molecule has 0 radical (unpaired) electrons. The molecule has 1 aliphatic carbocycles. The summed E-state index contributed by atoms with van der Waals surface area (Å²) in [5.74, 6) is 0.954. The summed E-state index contributed by atoms with van der Waals surface area (Å²) in [6.45, 7) is 5.53. The number of rotatable bonds is 3. The molecule has 12 heavy (non-hydrogen) atoms. The first-order valence-electron chi connectivity index (χ1n) is 4.23. The molecular formula is C10H15NO. The van der Waals surface area contributed by atoms with Gasteiger partial charge in [-0.05, 0) is 39.0 Å². The second-order valence-electron chi connectivity index (χ2n) is 2.79. The molecule has 0 N–H and O–H groups in total. The zero-order valence-electron chi connectivity index (χ0n) is 7.76. The van der Waals surface area contributed by atoms with Gasteiger partial charge in [0.25, 0.3) is 0 Å². The first-order chi connectivity index (χ1) is 5.83.